The number of rotatable bonds is 6. The fraction of sp³-hybridized carbons (Fsp3) is 0.190. The van der Waals surface area contributed by atoms with Crippen molar-refractivity contribution in [3.8, 4) is 0 Å². The third-order valence-electron chi connectivity index (χ3n) is 5.00. The van der Waals surface area contributed by atoms with Crippen LogP contribution < -0.4 is 14.3 Å². The first-order valence-electron chi connectivity index (χ1n) is 9.72. The van der Waals surface area contributed by atoms with Gasteiger partial charge in [-0.1, -0.05) is 18.2 Å². The number of carbonyl (C=O) groups is 1. The molecule has 168 valence electrons. The smallest absolute Gasteiger partial charge is 0.271 e. The zero-order chi connectivity index (χ0) is 22.9. The van der Waals surface area contributed by atoms with Crippen molar-refractivity contribution in [3.63, 3.8) is 0 Å². The van der Waals surface area contributed by atoms with E-state index in [1.165, 1.54) is 10.4 Å². The highest BCUT2D eigenvalue weighted by atomic mass is 32.2. The SMILES string of the molecule is CS(=O)(=O)N1CCCc2cc(C(=O)Nc3ccccc3NS(=O)(=O)c3cccs3)ccc21. The normalized spacial score (nSPS) is 14.0. The first kappa shape index (κ1) is 22.3. The first-order chi connectivity index (χ1) is 15.1. The van der Waals surface area contributed by atoms with Gasteiger partial charge in [-0.3, -0.25) is 13.8 Å². The molecule has 0 radical (unpaired) electrons. The van der Waals surface area contributed by atoms with Crippen LogP contribution in [0.3, 0.4) is 0 Å². The molecule has 0 unspecified atom stereocenters. The summed E-state index contributed by atoms with van der Waals surface area (Å²) in [6.45, 7) is 0.412. The van der Waals surface area contributed by atoms with Crippen LogP contribution in [-0.4, -0.2) is 35.5 Å². The molecule has 0 bridgehead atoms. The number of carbonyl (C=O) groups excluding carboxylic acids is 1. The highest BCUT2D eigenvalue weighted by molar-refractivity contribution is 7.94. The highest BCUT2D eigenvalue weighted by Gasteiger charge is 2.25. The molecular formula is C21H21N3O5S3. The van der Waals surface area contributed by atoms with Crippen LogP contribution in [0.25, 0.3) is 0 Å². The average Bonchev–Trinajstić information content (AvgIpc) is 3.29. The lowest BCUT2D eigenvalue weighted by molar-refractivity contribution is 0.102. The number of hydrogen-bond acceptors (Lipinski definition) is 6. The minimum absolute atomic E-state index is 0.170. The van der Waals surface area contributed by atoms with Crippen molar-refractivity contribution < 1.29 is 21.6 Å². The van der Waals surface area contributed by atoms with Crippen LogP contribution in [0.5, 0.6) is 0 Å². The second kappa shape index (κ2) is 8.57. The Labute approximate surface area is 191 Å². The molecule has 0 atom stereocenters. The highest BCUT2D eigenvalue weighted by Crippen LogP contribution is 2.31. The van der Waals surface area contributed by atoms with Gasteiger partial charge in [0.1, 0.15) is 4.21 Å². The van der Waals surface area contributed by atoms with E-state index in [1.807, 2.05) is 0 Å². The quantitative estimate of drug-likeness (QED) is 0.548. The minimum Gasteiger partial charge on any atom is -0.320 e. The molecular weight excluding hydrogens is 470 g/mol. The number of hydrogen-bond donors (Lipinski definition) is 2. The summed E-state index contributed by atoms with van der Waals surface area (Å²) in [6, 6.07) is 14.6. The van der Waals surface area contributed by atoms with E-state index in [9.17, 15) is 21.6 Å². The van der Waals surface area contributed by atoms with Gasteiger partial charge in [-0.05, 0) is 60.2 Å². The lowest BCUT2D eigenvalue weighted by Gasteiger charge is -2.29. The Morgan fingerprint density at radius 3 is 2.44 bits per heavy atom. The summed E-state index contributed by atoms with van der Waals surface area (Å²) in [5.41, 5.74) is 2.28. The molecule has 8 nitrogen and oxygen atoms in total. The van der Waals surface area contributed by atoms with Crippen molar-refractivity contribution in [2.45, 2.75) is 17.1 Å². The third kappa shape index (κ3) is 4.64. The Hall–Kier alpha value is -2.89. The van der Waals surface area contributed by atoms with Gasteiger partial charge >= 0.3 is 0 Å². The fourth-order valence-corrected chi connectivity index (χ4v) is 6.60. The van der Waals surface area contributed by atoms with Crippen molar-refractivity contribution in [1.82, 2.24) is 0 Å². The predicted molar refractivity (Wildman–Crippen MR) is 126 cm³/mol. The summed E-state index contributed by atoms with van der Waals surface area (Å²) < 4.78 is 53.3. The van der Waals surface area contributed by atoms with E-state index < -0.39 is 26.0 Å². The van der Waals surface area contributed by atoms with Crippen molar-refractivity contribution in [2.75, 3.05) is 27.1 Å². The molecule has 2 N–H and O–H groups in total. The molecule has 3 aromatic rings. The van der Waals surface area contributed by atoms with Gasteiger partial charge in [0.15, 0.2) is 0 Å². The van der Waals surface area contributed by atoms with E-state index in [4.69, 9.17) is 0 Å². The molecule has 0 spiro atoms. The van der Waals surface area contributed by atoms with E-state index in [-0.39, 0.29) is 9.90 Å². The molecule has 2 heterocycles. The molecule has 2 aromatic carbocycles. The Balaban J connectivity index is 1.58. The minimum atomic E-state index is -3.77. The van der Waals surface area contributed by atoms with Crippen molar-refractivity contribution in [2.24, 2.45) is 0 Å². The molecule has 4 rings (SSSR count). The number of fused-ring (bicyclic) bond motifs is 1. The molecule has 1 amide bonds. The van der Waals surface area contributed by atoms with Crippen LogP contribution >= 0.6 is 11.3 Å². The van der Waals surface area contributed by atoms with Crippen molar-refractivity contribution in [1.29, 1.82) is 0 Å². The summed E-state index contributed by atoms with van der Waals surface area (Å²) in [7, 11) is -7.16. The first-order valence-corrected chi connectivity index (χ1v) is 13.9. The van der Waals surface area contributed by atoms with Gasteiger partial charge in [0.2, 0.25) is 10.0 Å². The third-order valence-corrected chi connectivity index (χ3v) is 8.94. The van der Waals surface area contributed by atoms with Crippen LogP contribution in [0.4, 0.5) is 17.1 Å². The Kier molecular flexibility index (Phi) is 5.97. The van der Waals surface area contributed by atoms with Gasteiger partial charge in [-0.25, -0.2) is 16.8 Å². The lowest BCUT2D eigenvalue weighted by Crippen LogP contribution is -2.34. The molecule has 0 saturated heterocycles. The monoisotopic (exact) mass is 491 g/mol. The van der Waals surface area contributed by atoms with Gasteiger partial charge < -0.3 is 5.32 Å². The number of nitrogens with zero attached hydrogens (tertiary/aromatic N) is 1. The van der Waals surface area contributed by atoms with Gasteiger partial charge in [-0.15, -0.1) is 11.3 Å². The largest absolute Gasteiger partial charge is 0.320 e. The maximum Gasteiger partial charge on any atom is 0.271 e. The topological polar surface area (TPSA) is 113 Å². The number of para-hydroxylation sites is 2. The molecule has 0 fully saturated rings. The number of aryl methyl sites for hydroxylation is 1. The summed E-state index contributed by atoms with van der Waals surface area (Å²) >= 11 is 1.10. The van der Waals surface area contributed by atoms with Gasteiger partial charge in [-0.2, -0.15) is 0 Å². The van der Waals surface area contributed by atoms with Gasteiger partial charge in [0.05, 0.1) is 23.3 Å². The number of benzene rings is 2. The zero-order valence-electron chi connectivity index (χ0n) is 17.1. The molecule has 0 aliphatic carbocycles. The van der Waals surface area contributed by atoms with E-state index in [1.54, 1.807) is 53.9 Å². The maximum absolute atomic E-state index is 12.9. The number of anilines is 3. The number of nitrogens with one attached hydrogen (secondary N) is 2. The number of amides is 1. The molecule has 1 aromatic heterocycles. The Morgan fingerprint density at radius 1 is 1.00 bits per heavy atom. The second-order valence-electron chi connectivity index (χ2n) is 7.32. The van der Waals surface area contributed by atoms with Gasteiger partial charge in [0.25, 0.3) is 15.9 Å². The fourth-order valence-electron chi connectivity index (χ4n) is 3.54. The van der Waals surface area contributed by atoms with E-state index >= 15 is 0 Å². The lowest BCUT2D eigenvalue weighted by atomic mass is 10.0. The van der Waals surface area contributed by atoms with Crippen LogP contribution in [0.2, 0.25) is 0 Å². The van der Waals surface area contributed by atoms with E-state index in [0.29, 0.717) is 36.3 Å². The number of sulfonamides is 2. The summed E-state index contributed by atoms with van der Waals surface area (Å²) in [5, 5.41) is 4.42. The van der Waals surface area contributed by atoms with Crippen LogP contribution in [-0.2, 0) is 26.5 Å². The molecule has 1 aliphatic rings. The predicted octanol–water partition coefficient (Wildman–Crippen LogP) is 3.51. The zero-order valence-corrected chi connectivity index (χ0v) is 19.6. The second-order valence-corrected chi connectivity index (χ2v) is 12.1. The Bertz CT molecular complexity index is 1370. The molecule has 0 saturated carbocycles. The van der Waals surface area contributed by atoms with E-state index in [0.717, 1.165) is 23.2 Å². The van der Waals surface area contributed by atoms with Crippen LogP contribution in [0.1, 0.15) is 22.3 Å². The average molecular weight is 492 g/mol. The van der Waals surface area contributed by atoms with Gasteiger partial charge in [0, 0.05) is 12.1 Å². The summed E-state index contributed by atoms with van der Waals surface area (Å²) in [5.74, 6) is -0.424. The van der Waals surface area contributed by atoms with Crippen LogP contribution in [0, 0.1) is 0 Å². The molecule has 11 heteroatoms. The maximum atomic E-state index is 12.9. The summed E-state index contributed by atoms with van der Waals surface area (Å²) in [4.78, 5) is 12.9. The molecule has 32 heavy (non-hydrogen) atoms. The van der Waals surface area contributed by atoms with Crippen molar-refractivity contribution >= 4 is 54.4 Å². The summed E-state index contributed by atoms with van der Waals surface area (Å²) in [6.07, 6.45) is 2.50. The van der Waals surface area contributed by atoms with E-state index in [2.05, 4.69) is 10.0 Å². The molecule has 1 aliphatic heterocycles. The number of thiophene rings is 1. The standard InChI is InChI=1S/C21H21N3O5S3/c1-31(26,27)24-12-4-6-15-14-16(10-11-19(15)24)21(25)22-17-7-2-3-8-18(17)23-32(28,29)20-9-5-13-30-20/h2-3,5,7-11,13-14,23H,4,6,12H2,1H3,(H,22,25). The van der Waals surface area contributed by atoms with Crippen LogP contribution in [0.15, 0.2) is 64.2 Å². The van der Waals surface area contributed by atoms with Crippen molar-refractivity contribution in [3.05, 3.63) is 71.1 Å². The Morgan fingerprint density at radius 2 is 1.75 bits per heavy atom.